The van der Waals surface area contributed by atoms with Crippen LogP contribution in [-0.2, 0) is 10.0 Å². The zero-order valence-corrected chi connectivity index (χ0v) is 14.0. The molecule has 2 aromatic carbocycles. The molecule has 122 valence electrons. The molecule has 23 heavy (non-hydrogen) atoms. The van der Waals surface area contributed by atoms with Gasteiger partial charge in [-0.3, -0.25) is 9.52 Å². The van der Waals surface area contributed by atoms with Crippen molar-refractivity contribution in [3.63, 3.8) is 0 Å². The predicted molar refractivity (Wildman–Crippen MR) is 88.6 cm³/mol. The van der Waals surface area contributed by atoms with Crippen molar-refractivity contribution < 1.29 is 17.9 Å². The van der Waals surface area contributed by atoms with E-state index in [1.54, 1.807) is 18.2 Å². The van der Waals surface area contributed by atoms with Crippen molar-refractivity contribution >= 4 is 33.2 Å². The fourth-order valence-electron chi connectivity index (χ4n) is 1.93. The highest BCUT2D eigenvalue weighted by Gasteiger charge is 2.19. The van der Waals surface area contributed by atoms with Crippen LogP contribution in [0.1, 0.15) is 10.4 Å². The first-order chi connectivity index (χ1) is 10.9. The monoisotopic (exact) mass is 354 g/mol. The molecule has 0 unspecified atom stereocenters. The third kappa shape index (κ3) is 3.94. The number of anilines is 1. The molecule has 0 spiro atoms. The Labute approximate surface area is 139 Å². The smallest absolute Gasteiger partial charge is 0.261 e. The lowest BCUT2D eigenvalue weighted by Crippen LogP contribution is -2.20. The molecule has 8 heteroatoms. The first-order valence-corrected chi connectivity index (χ1v) is 8.42. The number of carbonyl (C=O) groups is 1. The molecular formula is C15H15ClN2O4S. The van der Waals surface area contributed by atoms with Gasteiger partial charge in [-0.1, -0.05) is 17.7 Å². The second-order valence-electron chi connectivity index (χ2n) is 4.56. The first-order valence-electron chi connectivity index (χ1n) is 6.56. The van der Waals surface area contributed by atoms with E-state index in [-0.39, 0.29) is 16.2 Å². The minimum absolute atomic E-state index is 0.0584. The molecule has 0 aliphatic carbocycles. The fraction of sp³-hybridized carbons (Fsp3) is 0.133. The molecule has 0 heterocycles. The molecule has 0 aromatic heterocycles. The summed E-state index contributed by atoms with van der Waals surface area (Å²) in [6.07, 6.45) is 0. The van der Waals surface area contributed by atoms with Gasteiger partial charge in [-0.25, -0.2) is 8.42 Å². The summed E-state index contributed by atoms with van der Waals surface area (Å²) in [5.74, 6) is -0.160. The molecule has 0 saturated carbocycles. The summed E-state index contributed by atoms with van der Waals surface area (Å²) in [6.45, 7) is 0. The Hall–Kier alpha value is -2.25. The van der Waals surface area contributed by atoms with Gasteiger partial charge in [0.25, 0.3) is 15.9 Å². The van der Waals surface area contributed by atoms with Gasteiger partial charge in [0.15, 0.2) is 0 Å². The predicted octanol–water partition coefficient (Wildman–Crippen LogP) is 2.51. The average molecular weight is 355 g/mol. The van der Waals surface area contributed by atoms with E-state index in [1.165, 1.54) is 38.4 Å². The number of rotatable bonds is 5. The van der Waals surface area contributed by atoms with Gasteiger partial charge >= 0.3 is 0 Å². The molecule has 0 radical (unpaired) electrons. The zero-order chi connectivity index (χ0) is 17.0. The molecule has 0 bridgehead atoms. The van der Waals surface area contributed by atoms with Crippen molar-refractivity contribution in [2.45, 2.75) is 4.90 Å². The van der Waals surface area contributed by atoms with Crippen LogP contribution in [0.15, 0.2) is 47.4 Å². The summed E-state index contributed by atoms with van der Waals surface area (Å²) in [4.78, 5) is 11.8. The van der Waals surface area contributed by atoms with Gasteiger partial charge in [-0.05, 0) is 36.4 Å². The molecular weight excluding hydrogens is 340 g/mol. The minimum atomic E-state index is -3.86. The summed E-state index contributed by atoms with van der Waals surface area (Å²) in [5, 5.41) is 2.85. The van der Waals surface area contributed by atoms with Crippen molar-refractivity contribution in [1.82, 2.24) is 5.32 Å². The lowest BCUT2D eigenvalue weighted by Gasteiger charge is -2.12. The fourth-order valence-corrected chi connectivity index (χ4v) is 3.20. The van der Waals surface area contributed by atoms with Gasteiger partial charge in [0.05, 0.1) is 23.3 Å². The van der Waals surface area contributed by atoms with E-state index in [0.29, 0.717) is 10.7 Å². The second-order valence-corrected chi connectivity index (χ2v) is 6.68. The highest BCUT2D eigenvalue weighted by Crippen LogP contribution is 2.24. The summed E-state index contributed by atoms with van der Waals surface area (Å²) in [7, 11) is -1.01. The van der Waals surface area contributed by atoms with Crippen LogP contribution < -0.4 is 14.8 Å². The number of ether oxygens (including phenoxy) is 1. The van der Waals surface area contributed by atoms with Crippen molar-refractivity contribution in [3.8, 4) is 5.75 Å². The summed E-state index contributed by atoms with van der Waals surface area (Å²) in [6, 6.07) is 10.4. The van der Waals surface area contributed by atoms with Crippen LogP contribution in [0.25, 0.3) is 0 Å². The molecule has 2 N–H and O–H groups in total. The maximum absolute atomic E-state index is 12.4. The number of carbonyl (C=O) groups excluding carboxylic acids is 1. The maximum atomic E-state index is 12.4. The Bertz CT molecular complexity index is 837. The molecule has 6 nitrogen and oxygen atoms in total. The van der Waals surface area contributed by atoms with Gasteiger partial charge in [-0.15, -0.1) is 0 Å². The molecule has 0 fully saturated rings. The van der Waals surface area contributed by atoms with Gasteiger partial charge in [0, 0.05) is 12.1 Å². The third-order valence-corrected chi connectivity index (χ3v) is 4.64. The van der Waals surface area contributed by atoms with E-state index in [9.17, 15) is 13.2 Å². The highest BCUT2D eigenvalue weighted by atomic mass is 35.5. The molecule has 0 atom stereocenters. The van der Waals surface area contributed by atoms with Crippen molar-refractivity contribution in [3.05, 3.63) is 53.1 Å². The zero-order valence-electron chi connectivity index (χ0n) is 12.5. The molecule has 2 rings (SSSR count). The topological polar surface area (TPSA) is 84.5 Å². The first kappa shape index (κ1) is 17.1. The van der Waals surface area contributed by atoms with Gasteiger partial charge in [0.2, 0.25) is 0 Å². The van der Waals surface area contributed by atoms with Crippen LogP contribution in [0.2, 0.25) is 5.02 Å². The van der Waals surface area contributed by atoms with Gasteiger partial charge < -0.3 is 10.1 Å². The number of hydrogen-bond acceptors (Lipinski definition) is 4. The Balaban J connectivity index is 2.42. The van der Waals surface area contributed by atoms with E-state index in [1.807, 2.05) is 0 Å². The molecule has 1 amide bonds. The third-order valence-electron chi connectivity index (χ3n) is 3.03. The van der Waals surface area contributed by atoms with Crippen LogP contribution in [0.4, 0.5) is 5.69 Å². The lowest BCUT2D eigenvalue weighted by atomic mass is 10.2. The number of benzene rings is 2. The average Bonchev–Trinajstić information content (AvgIpc) is 2.53. The van der Waals surface area contributed by atoms with Crippen LogP contribution in [-0.4, -0.2) is 28.5 Å². The van der Waals surface area contributed by atoms with Crippen LogP contribution in [0, 0.1) is 0 Å². The number of amides is 1. The SMILES string of the molecule is CNC(=O)c1cc(S(=O)(=O)Nc2cccc(Cl)c2)ccc1OC. The summed E-state index contributed by atoms with van der Waals surface area (Å²) >= 11 is 5.84. The van der Waals surface area contributed by atoms with E-state index >= 15 is 0 Å². The van der Waals surface area contributed by atoms with Crippen LogP contribution in [0.5, 0.6) is 5.75 Å². The minimum Gasteiger partial charge on any atom is -0.496 e. The second kappa shape index (κ2) is 6.89. The number of nitrogens with one attached hydrogen (secondary N) is 2. The largest absolute Gasteiger partial charge is 0.496 e. The molecule has 0 saturated heterocycles. The Morgan fingerprint density at radius 1 is 1.17 bits per heavy atom. The van der Waals surface area contributed by atoms with Gasteiger partial charge in [-0.2, -0.15) is 0 Å². The number of sulfonamides is 1. The van der Waals surface area contributed by atoms with E-state index in [2.05, 4.69) is 10.0 Å². The Morgan fingerprint density at radius 3 is 2.52 bits per heavy atom. The number of halogens is 1. The van der Waals surface area contributed by atoms with Crippen LogP contribution >= 0.6 is 11.6 Å². The van der Waals surface area contributed by atoms with E-state index in [0.717, 1.165) is 0 Å². The van der Waals surface area contributed by atoms with Crippen molar-refractivity contribution in [2.24, 2.45) is 0 Å². The molecule has 0 aliphatic rings. The quantitative estimate of drug-likeness (QED) is 0.864. The molecule has 0 aliphatic heterocycles. The van der Waals surface area contributed by atoms with Crippen molar-refractivity contribution in [2.75, 3.05) is 18.9 Å². The molecule has 2 aromatic rings. The van der Waals surface area contributed by atoms with E-state index < -0.39 is 15.9 Å². The van der Waals surface area contributed by atoms with Crippen molar-refractivity contribution in [1.29, 1.82) is 0 Å². The Morgan fingerprint density at radius 2 is 1.91 bits per heavy atom. The highest BCUT2D eigenvalue weighted by molar-refractivity contribution is 7.92. The summed E-state index contributed by atoms with van der Waals surface area (Å²) < 4.78 is 32.4. The number of methoxy groups -OCH3 is 1. The van der Waals surface area contributed by atoms with E-state index in [4.69, 9.17) is 16.3 Å². The van der Waals surface area contributed by atoms with Crippen LogP contribution in [0.3, 0.4) is 0 Å². The normalized spacial score (nSPS) is 10.9. The summed E-state index contributed by atoms with van der Waals surface area (Å²) in [5.41, 5.74) is 0.457. The lowest BCUT2D eigenvalue weighted by molar-refractivity contribution is 0.0960. The number of hydrogen-bond donors (Lipinski definition) is 2. The Kier molecular flexibility index (Phi) is 5.12. The maximum Gasteiger partial charge on any atom is 0.261 e. The standard InChI is InChI=1S/C15H15ClN2O4S/c1-17-15(19)13-9-12(6-7-14(13)22-2)23(20,21)18-11-5-3-4-10(16)8-11/h3-9,18H,1-2H3,(H,17,19). The van der Waals surface area contributed by atoms with Gasteiger partial charge in [0.1, 0.15) is 5.75 Å².